The second-order valence-electron chi connectivity index (χ2n) is 7.21. The van der Waals surface area contributed by atoms with Crippen molar-refractivity contribution in [1.29, 1.82) is 0 Å². The highest BCUT2D eigenvalue weighted by Gasteiger charge is 2.30. The normalized spacial score (nSPS) is 13.3. The molecule has 3 aromatic rings. The minimum absolute atomic E-state index is 0. The number of nitrogens with zero attached hydrogens (tertiary/aromatic N) is 1. The SMILES string of the molecule is CCOC(=O)c1c(Nc2c(Nc3ccc(Cl)cc3)c(=O)c2=O)sc2c1CCN(CC)C2.Cl. The van der Waals surface area contributed by atoms with Crippen LogP contribution in [0.25, 0.3) is 0 Å². The number of ether oxygens (including phenoxy) is 1. The third-order valence-corrected chi connectivity index (χ3v) is 6.71. The quantitative estimate of drug-likeness (QED) is 0.369. The molecular weight excluding hydrogens is 473 g/mol. The molecule has 0 fully saturated rings. The summed E-state index contributed by atoms with van der Waals surface area (Å²) >= 11 is 7.34. The number of fused-ring (bicyclic) bond motifs is 1. The van der Waals surface area contributed by atoms with Crippen LogP contribution in [0.4, 0.5) is 22.1 Å². The van der Waals surface area contributed by atoms with E-state index in [-0.39, 0.29) is 30.4 Å². The van der Waals surface area contributed by atoms with E-state index in [9.17, 15) is 14.4 Å². The predicted molar refractivity (Wildman–Crippen MR) is 132 cm³/mol. The molecule has 2 aromatic carbocycles. The Bertz CT molecular complexity index is 1200. The molecule has 1 aromatic heterocycles. The first-order valence-electron chi connectivity index (χ1n) is 10.1. The molecule has 2 heterocycles. The predicted octanol–water partition coefficient (Wildman–Crippen LogP) is 4.46. The Morgan fingerprint density at radius 2 is 1.78 bits per heavy atom. The van der Waals surface area contributed by atoms with Gasteiger partial charge in [-0.1, -0.05) is 18.5 Å². The molecule has 0 aliphatic carbocycles. The third kappa shape index (κ3) is 4.54. The van der Waals surface area contributed by atoms with Crippen LogP contribution in [-0.2, 0) is 17.7 Å². The third-order valence-electron chi connectivity index (χ3n) is 5.33. The van der Waals surface area contributed by atoms with Crippen LogP contribution >= 0.6 is 35.3 Å². The molecule has 0 bridgehead atoms. The van der Waals surface area contributed by atoms with Gasteiger partial charge in [0.1, 0.15) is 16.4 Å². The molecule has 170 valence electrons. The molecular formula is C22H23Cl2N3O4S. The number of nitrogens with one attached hydrogen (secondary N) is 2. The van der Waals surface area contributed by atoms with Gasteiger partial charge in [-0.15, -0.1) is 23.7 Å². The summed E-state index contributed by atoms with van der Waals surface area (Å²) in [5.74, 6) is -0.418. The maximum absolute atomic E-state index is 12.7. The zero-order valence-corrected chi connectivity index (χ0v) is 20.0. The maximum Gasteiger partial charge on any atom is 0.341 e. The van der Waals surface area contributed by atoms with Crippen LogP contribution in [0.15, 0.2) is 33.9 Å². The fourth-order valence-electron chi connectivity index (χ4n) is 3.65. The fourth-order valence-corrected chi connectivity index (χ4v) is 5.06. The Balaban J connectivity index is 0.00000289. The second-order valence-corrected chi connectivity index (χ2v) is 8.75. The van der Waals surface area contributed by atoms with E-state index in [4.69, 9.17) is 16.3 Å². The number of rotatable bonds is 7. The van der Waals surface area contributed by atoms with Crippen molar-refractivity contribution >= 4 is 63.4 Å². The molecule has 0 radical (unpaired) electrons. The monoisotopic (exact) mass is 495 g/mol. The van der Waals surface area contributed by atoms with Gasteiger partial charge in [0.2, 0.25) is 0 Å². The van der Waals surface area contributed by atoms with Gasteiger partial charge in [0.25, 0.3) is 10.9 Å². The van der Waals surface area contributed by atoms with Gasteiger partial charge in [-0.05, 0) is 49.7 Å². The number of thiophene rings is 1. The van der Waals surface area contributed by atoms with E-state index >= 15 is 0 Å². The Morgan fingerprint density at radius 3 is 2.41 bits per heavy atom. The van der Waals surface area contributed by atoms with Crippen molar-refractivity contribution in [1.82, 2.24) is 4.90 Å². The molecule has 0 unspecified atom stereocenters. The summed E-state index contributed by atoms with van der Waals surface area (Å²) in [5, 5.41) is 7.14. The summed E-state index contributed by atoms with van der Waals surface area (Å²) in [6, 6.07) is 6.81. The molecule has 1 aliphatic heterocycles. The Kier molecular flexibility index (Phi) is 7.61. The van der Waals surface area contributed by atoms with Crippen molar-refractivity contribution in [2.75, 3.05) is 30.3 Å². The Hall–Kier alpha value is -2.39. The highest BCUT2D eigenvalue weighted by atomic mass is 35.5. The number of carbonyl (C=O) groups is 1. The minimum Gasteiger partial charge on any atom is -0.462 e. The van der Waals surface area contributed by atoms with E-state index in [1.54, 1.807) is 31.2 Å². The smallest absolute Gasteiger partial charge is 0.341 e. The lowest BCUT2D eigenvalue weighted by molar-refractivity contribution is 0.0526. The zero-order valence-electron chi connectivity index (χ0n) is 17.6. The van der Waals surface area contributed by atoms with Gasteiger partial charge in [0.15, 0.2) is 0 Å². The van der Waals surface area contributed by atoms with Gasteiger partial charge in [-0.25, -0.2) is 4.79 Å². The van der Waals surface area contributed by atoms with Crippen LogP contribution in [-0.4, -0.2) is 30.6 Å². The van der Waals surface area contributed by atoms with Gasteiger partial charge >= 0.3 is 5.97 Å². The van der Waals surface area contributed by atoms with Gasteiger partial charge < -0.3 is 15.4 Å². The number of likely N-dealkylation sites (N-methyl/N-ethyl adjacent to an activating group) is 1. The van der Waals surface area contributed by atoms with Crippen LogP contribution in [0.1, 0.15) is 34.6 Å². The van der Waals surface area contributed by atoms with E-state index in [1.165, 1.54) is 11.3 Å². The lowest BCUT2D eigenvalue weighted by Gasteiger charge is -2.25. The number of esters is 1. The largest absolute Gasteiger partial charge is 0.462 e. The van der Waals surface area contributed by atoms with Gasteiger partial charge in [0, 0.05) is 28.7 Å². The summed E-state index contributed by atoms with van der Waals surface area (Å²) in [7, 11) is 0. The first-order valence-corrected chi connectivity index (χ1v) is 11.3. The van der Waals surface area contributed by atoms with Crippen LogP contribution in [0.5, 0.6) is 0 Å². The number of anilines is 4. The summed E-state index contributed by atoms with van der Waals surface area (Å²) in [4.78, 5) is 40.6. The van der Waals surface area contributed by atoms with Crippen molar-refractivity contribution in [3.8, 4) is 0 Å². The number of hydrogen-bond donors (Lipinski definition) is 2. The first-order chi connectivity index (χ1) is 14.9. The lowest BCUT2D eigenvalue weighted by atomic mass is 10.0. The van der Waals surface area contributed by atoms with E-state index in [2.05, 4.69) is 22.5 Å². The lowest BCUT2D eigenvalue weighted by Crippen LogP contribution is -2.35. The summed E-state index contributed by atoms with van der Waals surface area (Å²) in [5.41, 5.74) is 1.15. The molecule has 0 saturated heterocycles. The number of halogens is 2. The van der Waals surface area contributed by atoms with Crippen LogP contribution in [0, 0.1) is 0 Å². The van der Waals surface area contributed by atoms with Crippen LogP contribution < -0.4 is 21.5 Å². The number of hydrogen-bond acceptors (Lipinski definition) is 8. The molecule has 32 heavy (non-hydrogen) atoms. The van der Waals surface area contributed by atoms with E-state index in [0.717, 1.165) is 36.5 Å². The average Bonchev–Trinajstić information content (AvgIpc) is 3.14. The molecule has 1 aliphatic rings. The summed E-state index contributed by atoms with van der Waals surface area (Å²) in [6.45, 7) is 6.63. The Morgan fingerprint density at radius 1 is 1.12 bits per heavy atom. The highest BCUT2D eigenvalue weighted by Crippen LogP contribution is 2.39. The summed E-state index contributed by atoms with van der Waals surface area (Å²) in [6.07, 6.45) is 0.733. The Labute approximate surface area is 200 Å². The molecule has 0 atom stereocenters. The molecule has 0 spiro atoms. The maximum atomic E-state index is 12.7. The van der Waals surface area contributed by atoms with E-state index in [0.29, 0.717) is 21.3 Å². The van der Waals surface area contributed by atoms with Crippen molar-refractivity contribution < 1.29 is 9.53 Å². The highest BCUT2D eigenvalue weighted by molar-refractivity contribution is 7.16. The first kappa shape index (κ1) is 24.3. The zero-order chi connectivity index (χ0) is 22.1. The van der Waals surface area contributed by atoms with E-state index in [1.807, 2.05) is 0 Å². The fraction of sp³-hybridized carbons (Fsp3) is 0.318. The van der Waals surface area contributed by atoms with Gasteiger partial charge in [0.05, 0.1) is 12.2 Å². The van der Waals surface area contributed by atoms with E-state index < -0.39 is 16.8 Å². The molecule has 10 heteroatoms. The molecule has 0 amide bonds. The number of carbonyl (C=O) groups excluding carboxylic acids is 1. The topological polar surface area (TPSA) is 87.7 Å². The summed E-state index contributed by atoms with van der Waals surface area (Å²) < 4.78 is 5.28. The minimum atomic E-state index is -0.618. The van der Waals surface area contributed by atoms with Crippen LogP contribution in [0.2, 0.25) is 5.02 Å². The van der Waals surface area contributed by atoms with Crippen molar-refractivity contribution in [2.45, 2.75) is 26.8 Å². The second kappa shape index (κ2) is 10.0. The van der Waals surface area contributed by atoms with Crippen molar-refractivity contribution in [3.05, 3.63) is 65.7 Å². The molecule has 7 nitrogen and oxygen atoms in total. The van der Waals surface area contributed by atoms with Crippen molar-refractivity contribution in [3.63, 3.8) is 0 Å². The number of benzene rings is 1. The van der Waals surface area contributed by atoms with Crippen molar-refractivity contribution in [2.24, 2.45) is 0 Å². The van der Waals surface area contributed by atoms with Crippen LogP contribution in [0.3, 0.4) is 0 Å². The molecule has 4 rings (SSSR count). The van der Waals surface area contributed by atoms with Gasteiger partial charge in [-0.3, -0.25) is 14.5 Å². The van der Waals surface area contributed by atoms with Gasteiger partial charge in [-0.2, -0.15) is 0 Å². The molecule has 2 N–H and O–H groups in total. The molecule has 0 saturated carbocycles. The average molecular weight is 496 g/mol. The standard InChI is InChI=1S/C22H22ClN3O4S.ClH/c1-3-26-10-9-14-15(11-26)31-21(16(14)22(29)30-4-2)25-18-17(19(27)20(18)28)24-13-7-5-12(23)6-8-13;/h5-8,24-25H,3-4,9-11H2,1-2H3;1H.